The standard InChI is InChI=1S/C13H25ClO/c1-13(2,15-3)10-9-11-7-5-4-6-8-12(11)14/h11-12H,4-10H2,1-3H3. The molecule has 0 heterocycles. The highest BCUT2D eigenvalue weighted by Gasteiger charge is 2.25. The van der Waals surface area contributed by atoms with Gasteiger partial charge in [0.2, 0.25) is 0 Å². The molecule has 0 bridgehead atoms. The SMILES string of the molecule is COC(C)(C)CCC1CCCCCC1Cl. The molecule has 2 heteroatoms. The fourth-order valence-electron chi connectivity index (χ4n) is 2.30. The molecule has 0 amide bonds. The molecule has 1 nitrogen and oxygen atoms in total. The van der Waals surface area contributed by atoms with Crippen LogP contribution in [-0.2, 0) is 4.74 Å². The summed E-state index contributed by atoms with van der Waals surface area (Å²) in [6.07, 6.45) is 8.91. The van der Waals surface area contributed by atoms with Crippen molar-refractivity contribution >= 4 is 11.6 Å². The zero-order chi connectivity index (χ0) is 11.3. The lowest BCUT2D eigenvalue weighted by atomic mass is 9.89. The van der Waals surface area contributed by atoms with Crippen molar-refractivity contribution in [2.45, 2.75) is 69.8 Å². The minimum Gasteiger partial charge on any atom is -0.379 e. The van der Waals surface area contributed by atoms with E-state index in [9.17, 15) is 0 Å². The third-order valence-corrected chi connectivity index (χ3v) is 4.31. The summed E-state index contributed by atoms with van der Waals surface area (Å²) >= 11 is 6.42. The molecule has 0 radical (unpaired) electrons. The highest BCUT2D eigenvalue weighted by molar-refractivity contribution is 6.20. The molecule has 0 spiro atoms. The molecule has 0 N–H and O–H groups in total. The maximum absolute atomic E-state index is 6.42. The number of alkyl halides is 1. The predicted octanol–water partition coefficient (Wildman–Crippen LogP) is 4.38. The first kappa shape index (κ1) is 13.3. The van der Waals surface area contributed by atoms with Crippen molar-refractivity contribution in [1.29, 1.82) is 0 Å². The third-order valence-electron chi connectivity index (χ3n) is 3.74. The van der Waals surface area contributed by atoms with Gasteiger partial charge in [-0.05, 0) is 45.4 Å². The van der Waals surface area contributed by atoms with E-state index in [2.05, 4.69) is 13.8 Å². The van der Waals surface area contributed by atoms with Gasteiger partial charge in [-0.1, -0.05) is 19.3 Å². The van der Waals surface area contributed by atoms with Crippen LogP contribution in [0.5, 0.6) is 0 Å². The Morgan fingerprint density at radius 2 is 1.87 bits per heavy atom. The number of hydrogen-bond donors (Lipinski definition) is 0. The normalized spacial score (nSPS) is 28.8. The average Bonchev–Trinajstić information content (AvgIpc) is 2.40. The molecule has 1 aliphatic carbocycles. The lowest BCUT2D eigenvalue weighted by molar-refractivity contribution is 0.00999. The van der Waals surface area contributed by atoms with Gasteiger partial charge in [-0.25, -0.2) is 0 Å². The Balaban J connectivity index is 2.35. The van der Waals surface area contributed by atoms with Gasteiger partial charge in [0.15, 0.2) is 0 Å². The van der Waals surface area contributed by atoms with Crippen LogP contribution >= 0.6 is 11.6 Å². The lowest BCUT2D eigenvalue weighted by Gasteiger charge is -2.27. The molecule has 1 rings (SSSR count). The van der Waals surface area contributed by atoms with Crippen LogP contribution in [-0.4, -0.2) is 18.1 Å². The number of halogens is 1. The molecule has 1 saturated carbocycles. The van der Waals surface area contributed by atoms with E-state index < -0.39 is 0 Å². The van der Waals surface area contributed by atoms with Crippen molar-refractivity contribution < 1.29 is 4.74 Å². The van der Waals surface area contributed by atoms with Crippen molar-refractivity contribution in [3.05, 3.63) is 0 Å². The first-order chi connectivity index (χ1) is 7.05. The Hall–Kier alpha value is 0.250. The van der Waals surface area contributed by atoms with E-state index in [4.69, 9.17) is 16.3 Å². The van der Waals surface area contributed by atoms with Gasteiger partial charge in [0, 0.05) is 12.5 Å². The number of hydrogen-bond acceptors (Lipinski definition) is 1. The monoisotopic (exact) mass is 232 g/mol. The first-order valence-corrected chi connectivity index (χ1v) is 6.68. The number of ether oxygens (including phenoxy) is 1. The van der Waals surface area contributed by atoms with Crippen molar-refractivity contribution in [3.8, 4) is 0 Å². The van der Waals surface area contributed by atoms with E-state index in [1.807, 2.05) is 0 Å². The summed E-state index contributed by atoms with van der Waals surface area (Å²) < 4.78 is 5.45. The second-order valence-electron chi connectivity index (χ2n) is 5.42. The molecule has 1 aliphatic rings. The van der Waals surface area contributed by atoms with Gasteiger partial charge < -0.3 is 4.74 Å². The van der Waals surface area contributed by atoms with Crippen molar-refractivity contribution in [3.63, 3.8) is 0 Å². The topological polar surface area (TPSA) is 9.23 Å². The summed E-state index contributed by atoms with van der Waals surface area (Å²) in [5.41, 5.74) is 0.0168. The van der Waals surface area contributed by atoms with Crippen LogP contribution in [0.1, 0.15) is 58.8 Å². The van der Waals surface area contributed by atoms with Crippen LogP contribution in [0.4, 0.5) is 0 Å². The quantitative estimate of drug-likeness (QED) is 0.516. The Kier molecular flexibility index (Phi) is 5.42. The number of methoxy groups -OCH3 is 1. The van der Waals surface area contributed by atoms with Crippen LogP contribution < -0.4 is 0 Å². The van der Waals surface area contributed by atoms with Gasteiger partial charge in [-0.3, -0.25) is 0 Å². The minimum atomic E-state index is 0.0168. The fourth-order valence-corrected chi connectivity index (χ4v) is 2.71. The maximum atomic E-state index is 6.42. The second-order valence-corrected chi connectivity index (χ2v) is 5.98. The molecular weight excluding hydrogens is 208 g/mol. The third kappa shape index (κ3) is 4.74. The van der Waals surface area contributed by atoms with Crippen LogP contribution in [0, 0.1) is 5.92 Å². The van der Waals surface area contributed by atoms with Crippen molar-refractivity contribution in [2.75, 3.05) is 7.11 Å². The zero-order valence-electron chi connectivity index (χ0n) is 10.4. The Bertz CT molecular complexity index is 179. The molecule has 0 aliphatic heterocycles. The highest BCUT2D eigenvalue weighted by Crippen LogP contribution is 2.32. The molecule has 0 aromatic rings. The highest BCUT2D eigenvalue weighted by atomic mass is 35.5. The Morgan fingerprint density at radius 1 is 1.20 bits per heavy atom. The Morgan fingerprint density at radius 3 is 2.53 bits per heavy atom. The molecule has 0 saturated heterocycles. The molecule has 0 aromatic carbocycles. The van der Waals surface area contributed by atoms with Gasteiger partial charge in [0.1, 0.15) is 0 Å². The summed E-state index contributed by atoms with van der Waals surface area (Å²) in [5, 5.41) is 0.403. The van der Waals surface area contributed by atoms with Crippen LogP contribution in [0.25, 0.3) is 0 Å². The van der Waals surface area contributed by atoms with Gasteiger partial charge in [-0.2, -0.15) is 0 Å². The van der Waals surface area contributed by atoms with Gasteiger partial charge in [0.25, 0.3) is 0 Å². The predicted molar refractivity (Wildman–Crippen MR) is 66.5 cm³/mol. The lowest BCUT2D eigenvalue weighted by Crippen LogP contribution is -2.25. The van der Waals surface area contributed by atoms with Gasteiger partial charge in [0.05, 0.1) is 5.60 Å². The van der Waals surface area contributed by atoms with E-state index in [0.717, 1.165) is 6.42 Å². The maximum Gasteiger partial charge on any atom is 0.0622 e. The minimum absolute atomic E-state index is 0.0168. The van der Waals surface area contributed by atoms with Crippen molar-refractivity contribution in [2.24, 2.45) is 5.92 Å². The summed E-state index contributed by atoms with van der Waals surface area (Å²) in [7, 11) is 1.80. The molecule has 1 fully saturated rings. The van der Waals surface area contributed by atoms with Gasteiger partial charge >= 0.3 is 0 Å². The largest absolute Gasteiger partial charge is 0.379 e. The van der Waals surface area contributed by atoms with Crippen LogP contribution in [0.2, 0.25) is 0 Å². The smallest absolute Gasteiger partial charge is 0.0622 e. The average molecular weight is 233 g/mol. The van der Waals surface area contributed by atoms with E-state index in [-0.39, 0.29) is 5.60 Å². The zero-order valence-corrected chi connectivity index (χ0v) is 11.1. The second kappa shape index (κ2) is 6.10. The van der Waals surface area contributed by atoms with Crippen LogP contribution in [0.15, 0.2) is 0 Å². The van der Waals surface area contributed by atoms with E-state index >= 15 is 0 Å². The van der Waals surface area contributed by atoms with Crippen LogP contribution in [0.3, 0.4) is 0 Å². The van der Waals surface area contributed by atoms with Crippen molar-refractivity contribution in [1.82, 2.24) is 0 Å². The molecule has 90 valence electrons. The molecule has 15 heavy (non-hydrogen) atoms. The molecule has 0 aromatic heterocycles. The van der Waals surface area contributed by atoms with Gasteiger partial charge in [-0.15, -0.1) is 11.6 Å². The fraction of sp³-hybridized carbons (Fsp3) is 1.00. The summed E-state index contributed by atoms with van der Waals surface area (Å²) in [6.45, 7) is 4.32. The first-order valence-electron chi connectivity index (χ1n) is 6.24. The van der Waals surface area contributed by atoms with E-state index in [1.165, 1.54) is 38.5 Å². The number of rotatable bonds is 4. The molecular formula is C13H25ClO. The molecule has 2 unspecified atom stereocenters. The summed E-state index contributed by atoms with van der Waals surface area (Å²) in [4.78, 5) is 0. The summed E-state index contributed by atoms with van der Waals surface area (Å²) in [5.74, 6) is 0.712. The van der Waals surface area contributed by atoms with E-state index in [0.29, 0.717) is 11.3 Å². The van der Waals surface area contributed by atoms with E-state index in [1.54, 1.807) is 7.11 Å². The summed E-state index contributed by atoms with van der Waals surface area (Å²) in [6, 6.07) is 0. The Labute approximate surface area is 99.5 Å². The molecule has 2 atom stereocenters.